The Morgan fingerprint density at radius 1 is 1.33 bits per heavy atom. The molecule has 1 aliphatic rings. The van der Waals surface area contributed by atoms with Gasteiger partial charge in [0, 0.05) is 31.2 Å². The highest BCUT2D eigenvalue weighted by Crippen LogP contribution is 2.37. The first-order valence-corrected chi connectivity index (χ1v) is 5.43. The molecule has 1 heterocycles. The van der Waals surface area contributed by atoms with Gasteiger partial charge in [0.15, 0.2) is 11.5 Å². The predicted octanol–water partition coefficient (Wildman–Crippen LogP) is 2.40. The summed E-state index contributed by atoms with van der Waals surface area (Å²) in [5.74, 6) is 2.26. The standard InChI is InChI=1S/C11H14ClNO2/c1-8-5-10-11(15-7-14-10)6-9(8)13(2)4-3-12/h5-6H,3-4,7H2,1-2H3. The van der Waals surface area contributed by atoms with Crippen LogP contribution in [0.4, 0.5) is 5.69 Å². The van der Waals surface area contributed by atoms with E-state index < -0.39 is 0 Å². The Morgan fingerprint density at radius 3 is 2.67 bits per heavy atom. The van der Waals surface area contributed by atoms with Gasteiger partial charge in [-0.15, -0.1) is 11.6 Å². The van der Waals surface area contributed by atoms with Crippen LogP contribution >= 0.6 is 11.6 Å². The summed E-state index contributed by atoms with van der Waals surface area (Å²) in [6, 6.07) is 4.01. The Kier molecular flexibility index (Phi) is 2.91. The molecule has 0 spiro atoms. The molecule has 82 valence electrons. The molecule has 0 saturated heterocycles. The first kappa shape index (κ1) is 10.4. The van der Waals surface area contributed by atoms with Crippen molar-refractivity contribution in [2.45, 2.75) is 6.92 Å². The minimum absolute atomic E-state index is 0.317. The van der Waals surface area contributed by atoms with E-state index in [0.717, 1.165) is 23.7 Å². The second-order valence-electron chi connectivity index (χ2n) is 3.60. The van der Waals surface area contributed by atoms with Gasteiger partial charge in [-0.05, 0) is 18.6 Å². The van der Waals surface area contributed by atoms with Crippen molar-refractivity contribution in [3.05, 3.63) is 17.7 Å². The molecule has 0 radical (unpaired) electrons. The lowest BCUT2D eigenvalue weighted by molar-refractivity contribution is 0.174. The van der Waals surface area contributed by atoms with Crippen molar-refractivity contribution < 1.29 is 9.47 Å². The van der Waals surface area contributed by atoms with Crippen molar-refractivity contribution in [2.24, 2.45) is 0 Å². The number of anilines is 1. The molecule has 0 atom stereocenters. The van der Waals surface area contributed by atoms with E-state index in [-0.39, 0.29) is 0 Å². The van der Waals surface area contributed by atoms with E-state index in [9.17, 15) is 0 Å². The quantitative estimate of drug-likeness (QED) is 0.741. The zero-order chi connectivity index (χ0) is 10.8. The topological polar surface area (TPSA) is 21.7 Å². The molecule has 15 heavy (non-hydrogen) atoms. The highest BCUT2D eigenvalue weighted by atomic mass is 35.5. The fraction of sp³-hybridized carbons (Fsp3) is 0.455. The van der Waals surface area contributed by atoms with E-state index in [4.69, 9.17) is 21.1 Å². The summed E-state index contributed by atoms with van der Waals surface area (Å²) in [6.45, 7) is 3.20. The Bertz CT molecular complexity index is 368. The molecular formula is C11H14ClNO2. The van der Waals surface area contributed by atoms with Gasteiger partial charge in [0.2, 0.25) is 6.79 Å². The largest absolute Gasteiger partial charge is 0.454 e. The molecule has 1 aliphatic heterocycles. The third-order valence-corrected chi connectivity index (χ3v) is 2.69. The van der Waals surface area contributed by atoms with E-state index in [0.29, 0.717) is 12.7 Å². The Labute approximate surface area is 94.5 Å². The van der Waals surface area contributed by atoms with Crippen LogP contribution < -0.4 is 14.4 Å². The highest BCUT2D eigenvalue weighted by molar-refractivity contribution is 6.18. The van der Waals surface area contributed by atoms with Crippen molar-refractivity contribution in [3.63, 3.8) is 0 Å². The maximum absolute atomic E-state index is 5.72. The molecule has 0 fully saturated rings. The minimum Gasteiger partial charge on any atom is -0.454 e. The zero-order valence-electron chi connectivity index (χ0n) is 8.92. The first-order valence-electron chi connectivity index (χ1n) is 4.89. The van der Waals surface area contributed by atoms with Gasteiger partial charge in [-0.1, -0.05) is 0 Å². The van der Waals surface area contributed by atoms with Crippen molar-refractivity contribution in [3.8, 4) is 11.5 Å². The van der Waals surface area contributed by atoms with E-state index >= 15 is 0 Å². The number of hydrogen-bond acceptors (Lipinski definition) is 3. The van der Waals surface area contributed by atoms with Crippen LogP contribution in [-0.4, -0.2) is 26.3 Å². The Morgan fingerprint density at radius 2 is 2.00 bits per heavy atom. The van der Waals surface area contributed by atoms with Crippen LogP contribution in [0.2, 0.25) is 0 Å². The summed E-state index contributed by atoms with van der Waals surface area (Å²) in [6.07, 6.45) is 0. The molecule has 0 N–H and O–H groups in total. The number of halogens is 1. The number of hydrogen-bond donors (Lipinski definition) is 0. The SMILES string of the molecule is Cc1cc2c(cc1N(C)CCCl)OCO2. The van der Waals surface area contributed by atoms with E-state index in [1.54, 1.807) is 0 Å². The van der Waals surface area contributed by atoms with Crippen LogP contribution in [-0.2, 0) is 0 Å². The van der Waals surface area contributed by atoms with Crippen molar-refractivity contribution in [1.82, 2.24) is 0 Å². The summed E-state index contributed by atoms with van der Waals surface area (Å²) < 4.78 is 10.6. The molecule has 1 aromatic rings. The number of rotatable bonds is 3. The predicted molar refractivity (Wildman–Crippen MR) is 61.3 cm³/mol. The maximum Gasteiger partial charge on any atom is 0.231 e. The lowest BCUT2D eigenvalue weighted by Gasteiger charge is -2.20. The molecule has 4 heteroatoms. The van der Waals surface area contributed by atoms with Gasteiger partial charge < -0.3 is 14.4 Å². The highest BCUT2D eigenvalue weighted by Gasteiger charge is 2.16. The summed E-state index contributed by atoms with van der Waals surface area (Å²) in [5.41, 5.74) is 2.31. The zero-order valence-corrected chi connectivity index (χ0v) is 9.67. The summed E-state index contributed by atoms with van der Waals surface area (Å²) in [7, 11) is 2.02. The fourth-order valence-corrected chi connectivity index (χ4v) is 1.94. The maximum atomic E-state index is 5.72. The van der Waals surface area contributed by atoms with Crippen molar-refractivity contribution in [2.75, 3.05) is 31.2 Å². The van der Waals surface area contributed by atoms with Crippen LogP contribution in [0, 0.1) is 6.92 Å². The third kappa shape index (κ3) is 1.97. The third-order valence-electron chi connectivity index (χ3n) is 2.52. The van der Waals surface area contributed by atoms with Gasteiger partial charge in [-0.3, -0.25) is 0 Å². The Hall–Kier alpha value is -1.09. The van der Waals surface area contributed by atoms with Crippen molar-refractivity contribution in [1.29, 1.82) is 0 Å². The normalized spacial score (nSPS) is 13.0. The van der Waals surface area contributed by atoms with Crippen LogP contribution in [0.15, 0.2) is 12.1 Å². The van der Waals surface area contributed by atoms with Gasteiger partial charge in [0.25, 0.3) is 0 Å². The number of benzene rings is 1. The van der Waals surface area contributed by atoms with Crippen LogP contribution in [0.1, 0.15) is 5.56 Å². The molecule has 2 rings (SSSR count). The summed E-state index contributed by atoms with van der Waals surface area (Å²) >= 11 is 5.72. The average Bonchev–Trinajstić information content (AvgIpc) is 2.63. The van der Waals surface area contributed by atoms with Crippen LogP contribution in [0.3, 0.4) is 0 Å². The number of alkyl halides is 1. The monoisotopic (exact) mass is 227 g/mol. The Balaban J connectivity index is 2.31. The summed E-state index contributed by atoms with van der Waals surface area (Å²) in [5, 5.41) is 0. The number of fused-ring (bicyclic) bond motifs is 1. The number of nitrogens with zero attached hydrogens (tertiary/aromatic N) is 1. The second kappa shape index (κ2) is 4.19. The number of ether oxygens (including phenoxy) is 2. The molecule has 0 saturated carbocycles. The van der Waals surface area contributed by atoms with Gasteiger partial charge in [0.05, 0.1) is 0 Å². The van der Waals surface area contributed by atoms with Crippen molar-refractivity contribution >= 4 is 17.3 Å². The van der Waals surface area contributed by atoms with E-state index in [1.807, 2.05) is 19.2 Å². The smallest absolute Gasteiger partial charge is 0.231 e. The first-order chi connectivity index (χ1) is 7.22. The van der Waals surface area contributed by atoms with Crippen LogP contribution in [0.25, 0.3) is 0 Å². The van der Waals surface area contributed by atoms with Gasteiger partial charge >= 0.3 is 0 Å². The lowest BCUT2D eigenvalue weighted by Crippen LogP contribution is -2.20. The molecule has 0 amide bonds. The van der Waals surface area contributed by atoms with E-state index in [1.165, 1.54) is 5.56 Å². The molecule has 0 bridgehead atoms. The van der Waals surface area contributed by atoms with Gasteiger partial charge in [-0.2, -0.15) is 0 Å². The molecular weight excluding hydrogens is 214 g/mol. The summed E-state index contributed by atoms with van der Waals surface area (Å²) in [4.78, 5) is 2.12. The molecule has 3 nitrogen and oxygen atoms in total. The van der Waals surface area contributed by atoms with Gasteiger partial charge in [0.1, 0.15) is 0 Å². The molecule has 0 unspecified atom stereocenters. The fourth-order valence-electron chi connectivity index (χ4n) is 1.69. The van der Waals surface area contributed by atoms with Crippen LogP contribution in [0.5, 0.6) is 11.5 Å². The number of aryl methyl sites for hydroxylation is 1. The molecule has 0 aliphatic carbocycles. The molecule has 1 aromatic carbocycles. The second-order valence-corrected chi connectivity index (χ2v) is 3.98. The lowest BCUT2D eigenvalue weighted by atomic mass is 10.1. The van der Waals surface area contributed by atoms with E-state index in [2.05, 4.69) is 11.8 Å². The minimum atomic E-state index is 0.317. The average molecular weight is 228 g/mol. The van der Waals surface area contributed by atoms with Gasteiger partial charge in [-0.25, -0.2) is 0 Å². The molecule has 0 aromatic heterocycles.